The molecule has 1 heterocycles. The van der Waals surface area contributed by atoms with E-state index in [0.29, 0.717) is 12.6 Å². The summed E-state index contributed by atoms with van der Waals surface area (Å²) in [6.07, 6.45) is 0.0413. The van der Waals surface area contributed by atoms with E-state index < -0.39 is 0 Å². The van der Waals surface area contributed by atoms with Crippen molar-refractivity contribution in [1.82, 2.24) is 4.90 Å². The molecule has 1 aliphatic rings. The summed E-state index contributed by atoms with van der Waals surface area (Å²) in [4.78, 5) is 2.44. The molecule has 100 valence electrons. The van der Waals surface area contributed by atoms with Crippen molar-refractivity contribution < 1.29 is 4.74 Å². The number of halogens is 1. The molecule has 18 heavy (non-hydrogen) atoms. The van der Waals surface area contributed by atoms with Crippen molar-refractivity contribution in [3.63, 3.8) is 0 Å². The topological polar surface area (TPSA) is 38.5 Å². The SMILES string of the molecule is CC(C)N1CCOC(CN)C1c1cccc(Cl)c1. The number of hydrogen-bond donors (Lipinski definition) is 1. The summed E-state index contributed by atoms with van der Waals surface area (Å²) in [5.74, 6) is 0. The zero-order chi connectivity index (χ0) is 13.1. The van der Waals surface area contributed by atoms with Crippen molar-refractivity contribution in [3.8, 4) is 0 Å². The molecule has 3 nitrogen and oxygen atoms in total. The minimum absolute atomic E-state index is 0.0413. The average molecular weight is 269 g/mol. The molecule has 2 rings (SSSR count). The van der Waals surface area contributed by atoms with Gasteiger partial charge in [-0.1, -0.05) is 23.7 Å². The fourth-order valence-electron chi connectivity index (χ4n) is 2.63. The fraction of sp³-hybridized carbons (Fsp3) is 0.571. The Bertz CT molecular complexity index is 397. The largest absolute Gasteiger partial charge is 0.374 e. The molecule has 0 saturated carbocycles. The summed E-state index contributed by atoms with van der Waals surface area (Å²) in [5, 5.41) is 0.762. The van der Waals surface area contributed by atoms with Crippen molar-refractivity contribution in [1.29, 1.82) is 0 Å². The van der Waals surface area contributed by atoms with Crippen molar-refractivity contribution in [2.24, 2.45) is 5.73 Å². The lowest BCUT2D eigenvalue weighted by atomic mass is 9.96. The lowest BCUT2D eigenvalue weighted by Crippen LogP contribution is -2.50. The summed E-state index contributed by atoms with van der Waals surface area (Å²) >= 11 is 6.09. The summed E-state index contributed by atoms with van der Waals surface area (Å²) in [6, 6.07) is 8.65. The van der Waals surface area contributed by atoms with Gasteiger partial charge < -0.3 is 10.5 Å². The van der Waals surface area contributed by atoms with E-state index in [2.05, 4.69) is 24.8 Å². The van der Waals surface area contributed by atoms with Gasteiger partial charge in [-0.3, -0.25) is 4.90 Å². The van der Waals surface area contributed by atoms with Gasteiger partial charge in [-0.2, -0.15) is 0 Å². The molecular formula is C14H21ClN2O. The maximum Gasteiger partial charge on any atom is 0.0894 e. The van der Waals surface area contributed by atoms with E-state index in [1.807, 2.05) is 18.2 Å². The minimum atomic E-state index is 0.0413. The Hall–Kier alpha value is -0.610. The quantitative estimate of drug-likeness (QED) is 0.915. The third-order valence-corrected chi connectivity index (χ3v) is 3.71. The Balaban J connectivity index is 2.33. The Morgan fingerprint density at radius 1 is 1.50 bits per heavy atom. The predicted molar refractivity (Wildman–Crippen MR) is 74.8 cm³/mol. The molecule has 0 radical (unpaired) electrons. The Labute approximate surface area is 114 Å². The van der Waals surface area contributed by atoms with Gasteiger partial charge in [-0.25, -0.2) is 0 Å². The number of nitrogens with two attached hydrogens (primary N) is 1. The molecule has 2 atom stereocenters. The first-order chi connectivity index (χ1) is 8.63. The third-order valence-electron chi connectivity index (χ3n) is 3.48. The van der Waals surface area contributed by atoms with Crippen LogP contribution in [0.2, 0.25) is 5.02 Å². The second-order valence-corrected chi connectivity index (χ2v) is 5.41. The van der Waals surface area contributed by atoms with Gasteiger partial charge in [-0.05, 0) is 31.5 Å². The van der Waals surface area contributed by atoms with Crippen LogP contribution < -0.4 is 5.73 Å². The van der Waals surface area contributed by atoms with Gasteiger partial charge in [0.15, 0.2) is 0 Å². The molecule has 4 heteroatoms. The van der Waals surface area contributed by atoms with Crippen molar-refractivity contribution in [3.05, 3.63) is 34.9 Å². The first-order valence-electron chi connectivity index (χ1n) is 6.46. The van der Waals surface area contributed by atoms with Gasteiger partial charge in [0, 0.05) is 24.2 Å². The van der Waals surface area contributed by atoms with E-state index in [1.165, 1.54) is 5.56 Å². The van der Waals surface area contributed by atoms with Crippen LogP contribution in [0.4, 0.5) is 0 Å². The molecule has 0 bridgehead atoms. The van der Waals surface area contributed by atoms with Gasteiger partial charge in [0.2, 0.25) is 0 Å². The van der Waals surface area contributed by atoms with Crippen LogP contribution in [0.15, 0.2) is 24.3 Å². The molecule has 0 amide bonds. The number of ether oxygens (including phenoxy) is 1. The van der Waals surface area contributed by atoms with Crippen LogP contribution in [0.25, 0.3) is 0 Å². The summed E-state index contributed by atoms with van der Waals surface area (Å²) < 4.78 is 5.80. The maximum atomic E-state index is 6.09. The molecule has 1 aliphatic heterocycles. The highest BCUT2D eigenvalue weighted by Crippen LogP contribution is 2.31. The second kappa shape index (κ2) is 6.02. The second-order valence-electron chi connectivity index (χ2n) is 4.98. The molecule has 0 aliphatic carbocycles. The summed E-state index contributed by atoms with van der Waals surface area (Å²) in [7, 11) is 0. The van der Waals surface area contributed by atoms with Crippen LogP contribution in [0.3, 0.4) is 0 Å². The molecule has 1 aromatic rings. The Morgan fingerprint density at radius 2 is 2.28 bits per heavy atom. The normalized spacial score (nSPS) is 25.6. The molecule has 0 spiro atoms. The predicted octanol–water partition coefficient (Wildman–Crippen LogP) is 2.45. The van der Waals surface area contributed by atoms with Gasteiger partial charge >= 0.3 is 0 Å². The zero-order valence-corrected chi connectivity index (χ0v) is 11.7. The minimum Gasteiger partial charge on any atom is -0.374 e. The Kier molecular flexibility index (Phi) is 4.62. The van der Waals surface area contributed by atoms with Gasteiger partial charge in [-0.15, -0.1) is 0 Å². The van der Waals surface area contributed by atoms with E-state index >= 15 is 0 Å². The van der Waals surface area contributed by atoms with Crippen LogP contribution in [0.5, 0.6) is 0 Å². The van der Waals surface area contributed by atoms with Gasteiger partial charge in [0.1, 0.15) is 0 Å². The van der Waals surface area contributed by atoms with Gasteiger partial charge in [0.05, 0.1) is 18.8 Å². The molecule has 1 saturated heterocycles. The molecule has 1 aromatic carbocycles. The highest BCUT2D eigenvalue weighted by atomic mass is 35.5. The van der Waals surface area contributed by atoms with E-state index in [0.717, 1.165) is 18.2 Å². The highest BCUT2D eigenvalue weighted by molar-refractivity contribution is 6.30. The third kappa shape index (κ3) is 2.86. The number of nitrogens with zero attached hydrogens (tertiary/aromatic N) is 1. The van der Waals surface area contributed by atoms with Crippen molar-refractivity contribution in [2.45, 2.75) is 32.0 Å². The van der Waals surface area contributed by atoms with Crippen LogP contribution in [-0.4, -0.2) is 36.7 Å². The van der Waals surface area contributed by atoms with E-state index in [9.17, 15) is 0 Å². The highest BCUT2D eigenvalue weighted by Gasteiger charge is 2.34. The standard InChI is InChI=1S/C14H21ClN2O/c1-10(2)17-6-7-18-13(9-16)14(17)11-4-3-5-12(15)8-11/h3-5,8,10,13-14H,6-7,9,16H2,1-2H3. The average Bonchev–Trinajstić information content (AvgIpc) is 2.37. The first kappa shape index (κ1) is 13.8. The monoisotopic (exact) mass is 268 g/mol. The maximum absolute atomic E-state index is 6.09. The van der Waals surface area contributed by atoms with Crippen LogP contribution in [0, 0.1) is 0 Å². The molecule has 0 aromatic heterocycles. The first-order valence-corrected chi connectivity index (χ1v) is 6.84. The lowest BCUT2D eigenvalue weighted by Gasteiger charge is -2.43. The number of hydrogen-bond acceptors (Lipinski definition) is 3. The number of benzene rings is 1. The van der Waals surface area contributed by atoms with E-state index in [1.54, 1.807) is 0 Å². The fourth-order valence-corrected chi connectivity index (χ4v) is 2.83. The number of rotatable bonds is 3. The van der Waals surface area contributed by atoms with Crippen molar-refractivity contribution >= 4 is 11.6 Å². The molecular weight excluding hydrogens is 248 g/mol. The van der Waals surface area contributed by atoms with E-state index in [-0.39, 0.29) is 12.1 Å². The summed E-state index contributed by atoms with van der Waals surface area (Å²) in [5.41, 5.74) is 7.03. The zero-order valence-electron chi connectivity index (χ0n) is 11.0. The smallest absolute Gasteiger partial charge is 0.0894 e. The van der Waals surface area contributed by atoms with Crippen LogP contribution in [0.1, 0.15) is 25.5 Å². The summed E-state index contributed by atoms with van der Waals surface area (Å²) in [6.45, 7) is 6.62. The number of morpholine rings is 1. The molecule has 2 N–H and O–H groups in total. The van der Waals surface area contributed by atoms with Crippen LogP contribution in [-0.2, 0) is 4.74 Å². The van der Waals surface area contributed by atoms with E-state index in [4.69, 9.17) is 22.1 Å². The van der Waals surface area contributed by atoms with Crippen molar-refractivity contribution in [2.75, 3.05) is 19.7 Å². The van der Waals surface area contributed by atoms with Gasteiger partial charge in [0.25, 0.3) is 0 Å². The Morgan fingerprint density at radius 3 is 2.89 bits per heavy atom. The lowest BCUT2D eigenvalue weighted by molar-refractivity contribution is -0.0789. The van der Waals surface area contributed by atoms with Crippen LogP contribution >= 0.6 is 11.6 Å². The molecule has 2 unspecified atom stereocenters. The molecule has 1 fully saturated rings.